The Balaban J connectivity index is 0.000000164. The van der Waals surface area contributed by atoms with E-state index in [9.17, 15) is 9.59 Å². The van der Waals surface area contributed by atoms with Crippen molar-refractivity contribution in [2.75, 3.05) is 13.2 Å². The number of carbonyl (C=O) groups is 2. The average Bonchev–Trinajstić information content (AvgIpc) is 3.32. The number of Topliss-reactive ketones (excluding diaryl/α,β-unsaturated/α-hetero) is 2. The van der Waals surface area contributed by atoms with Crippen LogP contribution in [0.2, 0.25) is 0 Å². The van der Waals surface area contributed by atoms with Crippen LogP contribution in [-0.4, -0.2) is 24.8 Å². The van der Waals surface area contributed by atoms with Crippen LogP contribution in [0.1, 0.15) is 71.4 Å². The van der Waals surface area contributed by atoms with Crippen LogP contribution in [0.5, 0.6) is 0 Å². The number of benzene rings is 2. The van der Waals surface area contributed by atoms with Crippen LogP contribution in [0.3, 0.4) is 0 Å². The summed E-state index contributed by atoms with van der Waals surface area (Å²) in [5.41, 5.74) is 4.92. The van der Waals surface area contributed by atoms with Crippen molar-refractivity contribution in [2.24, 2.45) is 0 Å². The zero-order chi connectivity index (χ0) is 19.8. The highest BCUT2D eigenvalue weighted by atomic mass is 16.5. The number of aryl methyl sites for hydroxylation is 2. The van der Waals surface area contributed by atoms with Crippen molar-refractivity contribution in [1.82, 2.24) is 0 Å². The highest BCUT2D eigenvalue weighted by Gasteiger charge is 2.19. The predicted octanol–water partition coefficient (Wildman–Crippen LogP) is 6.01. The topological polar surface area (TPSA) is 43.4 Å². The zero-order valence-electron chi connectivity index (χ0n) is 16.4. The molecule has 0 aromatic heterocycles. The first-order valence-electron chi connectivity index (χ1n) is 10.2. The third-order valence-electron chi connectivity index (χ3n) is 5.27. The molecule has 0 bridgehead atoms. The molecule has 154 valence electrons. The van der Waals surface area contributed by atoms with Crippen molar-refractivity contribution in [3.05, 3.63) is 82.9 Å². The minimum Gasteiger partial charge on any atom is -0.381 e. The number of ether oxygens (including phenoxy) is 1. The maximum absolute atomic E-state index is 11.5. The van der Waals surface area contributed by atoms with Gasteiger partial charge in [0, 0.05) is 30.8 Å². The van der Waals surface area contributed by atoms with E-state index >= 15 is 0 Å². The van der Waals surface area contributed by atoms with Crippen molar-refractivity contribution in [1.29, 1.82) is 0 Å². The van der Waals surface area contributed by atoms with Crippen LogP contribution in [0.15, 0.2) is 60.7 Å². The van der Waals surface area contributed by atoms with E-state index in [0.29, 0.717) is 5.78 Å². The Labute approximate surface area is 174 Å². The van der Waals surface area contributed by atoms with Gasteiger partial charge in [-0.2, -0.15) is 0 Å². The summed E-state index contributed by atoms with van der Waals surface area (Å²) in [6.07, 6.45) is 7.16. The molecule has 0 N–H and O–H groups in total. The van der Waals surface area contributed by atoms with Gasteiger partial charge in [-0.3, -0.25) is 9.59 Å². The fourth-order valence-electron chi connectivity index (χ4n) is 3.64. The van der Waals surface area contributed by atoms with E-state index in [1.165, 1.54) is 18.4 Å². The predicted molar refractivity (Wildman–Crippen MR) is 119 cm³/mol. The number of rotatable bonds is 0. The van der Waals surface area contributed by atoms with Gasteiger partial charge in [0.15, 0.2) is 11.6 Å². The lowest BCUT2D eigenvalue weighted by Gasteiger charge is -2.15. The Morgan fingerprint density at radius 1 is 0.690 bits per heavy atom. The van der Waals surface area contributed by atoms with Gasteiger partial charge in [0.25, 0.3) is 0 Å². The molecule has 1 saturated heterocycles. The smallest absolute Gasteiger partial charge is 0.188 e. The third kappa shape index (κ3) is 6.23. The number of ketones is 2. The normalized spacial score (nSPS) is 16.9. The summed E-state index contributed by atoms with van der Waals surface area (Å²) in [7, 11) is 0. The van der Waals surface area contributed by atoms with E-state index in [1.807, 2.05) is 48.5 Å². The van der Waals surface area contributed by atoms with Crippen molar-refractivity contribution in [3.8, 4) is 0 Å². The maximum atomic E-state index is 11.5. The van der Waals surface area contributed by atoms with Gasteiger partial charge in [-0.15, -0.1) is 0 Å². The van der Waals surface area contributed by atoms with E-state index < -0.39 is 0 Å². The van der Waals surface area contributed by atoms with Crippen molar-refractivity contribution in [3.63, 3.8) is 0 Å². The van der Waals surface area contributed by atoms with Crippen LogP contribution < -0.4 is 0 Å². The molecule has 0 unspecified atom stereocenters. The van der Waals surface area contributed by atoms with Crippen LogP contribution in [-0.2, 0) is 17.6 Å². The van der Waals surface area contributed by atoms with Crippen LogP contribution in [0, 0.1) is 0 Å². The molecule has 3 aliphatic rings. The standard InChI is InChI=1S/C11H10O.C10H10O.C4H8O.CH4/c1-8-6-7-9-4-2-3-5-10(9)11(8)12;11-10-7-3-5-8-4-1-2-6-9(8)10;1-2-4-5-3-1;/h2-5H,1,6-7H2;1-2,4,6H,3,5,7H2;1-4H2;1H4. The first-order chi connectivity index (χ1) is 13.7. The Bertz CT molecular complexity index is 839. The first kappa shape index (κ1) is 22.8. The lowest BCUT2D eigenvalue weighted by Crippen LogP contribution is -2.12. The fourth-order valence-corrected chi connectivity index (χ4v) is 3.64. The van der Waals surface area contributed by atoms with Gasteiger partial charge in [0.1, 0.15) is 0 Å². The number of carbonyl (C=O) groups excluding carboxylic acids is 2. The molecular weight excluding hydrogens is 360 g/mol. The molecule has 2 aromatic carbocycles. The largest absolute Gasteiger partial charge is 0.381 e. The van der Waals surface area contributed by atoms with Crippen LogP contribution in [0.25, 0.3) is 0 Å². The second kappa shape index (κ2) is 11.5. The van der Waals surface area contributed by atoms with Crippen molar-refractivity contribution in [2.45, 2.75) is 52.4 Å². The quantitative estimate of drug-likeness (QED) is 0.516. The van der Waals surface area contributed by atoms with Crippen LogP contribution in [0.4, 0.5) is 0 Å². The Kier molecular flexibility index (Phi) is 9.01. The van der Waals surface area contributed by atoms with E-state index in [-0.39, 0.29) is 13.2 Å². The molecule has 2 aliphatic carbocycles. The van der Waals surface area contributed by atoms with Gasteiger partial charge in [0.2, 0.25) is 0 Å². The molecule has 2 aromatic rings. The minimum absolute atomic E-state index is 0. The second-order valence-corrected chi connectivity index (χ2v) is 7.34. The lowest BCUT2D eigenvalue weighted by atomic mass is 9.88. The minimum atomic E-state index is 0. The van der Waals surface area contributed by atoms with E-state index in [4.69, 9.17) is 4.74 Å². The van der Waals surface area contributed by atoms with Gasteiger partial charge in [0.05, 0.1) is 0 Å². The third-order valence-corrected chi connectivity index (χ3v) is 5.27. The van der Waals surface area contributed by atoms with E-state index in [1.54, 1.807) is 0 Å². The SMILES string of the molecule is C.C1CCOC1.C=C1CCc2ccccc2C1=O.O=C1CCCc2ccccc21. The number of fused-ring (bicyclic) bond motifs is 2. The zero-order valence-corrected chi connectivity index (χ0v) is 16.4. The molecular formula is C26H32O3. The summed E-state index contributed by atoms with van der Waals surface area (Å²) >= 11 is 0. The monoisotopic (exact) mass is 392 g/mol. The summed E-state index contributed by atoms with van der Waals surface area (Å²) < 4.78 is 4.94. The summed E-state index contributed by atoms with van der Waals surface area (Å²) in [6.45, 7) is 5.74. The Hall–Kier alpha value is -2.52. The van der Waals surface area contributed by atoms with Gasteiger partial charge in [-0.25, -0.2) is 0 Å². The highest BCUT2D eigenvalue weighted by molar-refractivity contribution is 6.10. The molecule has 0 atom stereocenters. The lowest BCUT2D eigenvalue weighted by molar-refractivity contribution is 0.0971. The molecule has 1 heterocycles. The molecule has 3 heteroatoms. The summed E-state index contributed by atoms with van der Waals surface area (Å²) in [6, 6.07) is 15.7. The van der Waals surface area contributed by atoms with Gasteiger partial charge in [-0.1, -0.05) is 62.5 Å². The van der Waals surface area contributed by atoms with Crippen molar-refractivity contribution < 1.29 is 14.3 Å². The first-order valence-corrected chi connectivity index (χ1v) is 10.2. The number of hydrogen-bond donors (Lipinski definition) is 0. The average molecular weight is 393 g/mol. The molecule has 0 amide bonds. The molecule has 0 radical (unpaired) electrons. The number of hydrogen-bond acceptors (Lipinski definition) is 3. The van der Waals surface area contributed by atoms with Gasteiger partial charge in [-0.05, 0) is 55.2 Å². The van der Waals surface area contributed by atoms with Crippen LogP contribution >= 0.6 is 0 Å². The molecule has 1 fully saturated rings. The molecule has 5 rings (SSSR count). The van der Waals surface area contributed by atoms with Gasteiger partial charge < -0.3 is 4.74 Å². The van der Waals surface area contributed by atoms with E-state index in [2.05, 4.69) is 6.58 Å². The number of allylic oxidation sites excluding steroid dienone is 1. The summed E-state index contributed by atoms with van der Waals surface area (Å²) in [4.78, 5) is 22.8. The Morgan fingerprint density at radius 2 is 1.28 bits per heavy atom. The molecule has 0 spiro atoms. The molecule has 29 heavy (non-hydrogen) atoms. The summed E-state index contributed by atoms with van der Waals surface area (Å²) in [5, 5.41) is 0. The maximum Gasteiger partial charge on any atom is 0.188 e. The second-order valence-electron chi connectivity index (χ2n) is 7.34. The molecule has 3 nitrogen and oxygen atoms in total. The highest BCUT2D eigenvalue weighted by Crippen LogP contribution is 2.23. The molecule has 1 aliphatic heterocycles. The van der Waals surface area contributed by atoms with E-state index in [0.717, 1.165) is 67.6 Å². The summed E-state index contributed by atoms with van der Waals surface area (Å²) in [5.74, 6) is 0.434. The Morgan fingerprint density at radius 3 is 1.86 bits per heavy atom. The van der Waals surface area contributed by atoms with Crippen molar-refractivity contribution >= 4 is 11.6 Å². The fraction of sp³-hybridized carbons (Fsp3) is 0.385. The molecule has 0 saturated carbocycles. The van der Waals surface area contributed by atoms with Gasteiger partial charge >= 0.3 is 0 Å².